The van der Waals surface area contributed by atoms with Gasteiger partial charge in [-0.3, -0.25) is 9.59 Å². The molecule has 3 rings (SSSR count). The standard InChI is InChI=1S/C19H15ClN2O3/c1-11(9-12-5-3-2-4-6-12)17(23)18(24)16-19(25)22-15-10-13(20)7-8-14(15)21-16/h2-10,17,23H,1H3,(H,22,25)/b11-9+/t17-/m0/s1. The first-order valence-electron chi connectivity index (χ1n) is 7.61. The van der Waals surface area contributed by atoms with Gasteiger partial charge in [-0.2, -0.15) is 0 Å². The Morgan fingerprint density at radius 2 is 1.96 bits per heavy atom. The molecule has 5 nitrogen and oxygen atoms in total. The molecule has 2 N–H and O–H groups in total. The van der Waals surface area contributed by atoms with Crippen LogP contribution >= 0.6 is 11.6 Å². The predicted molar refractivity (Wildman–Crippen MR) is 97.8 cm³/mol. The summed E-state index contributed by atoms with van der Waals surface area (Å²) < 4.78 is 0. The van der Waals surface area contributed by atoms with Crippen molar-refractivity contribution < 1.29 is 9.90 Å². The second-order valence-corrected chi connectivity index (χ2v) is 6.08. The van der Waals surface area contributed by atoms with E-state index in [2.05, 4.69) is 9.97 Å². The number of Topliss-reactive ketones (excluding diaryl/α,β-unsaturated/α-hetero) is 1. The van der Waals surface area contributed by atoms with Crippen LogP contribution in [0.4, 0.5) is 0 Å². The molecule has 6 heteroatoms. The van der Waals surface area contributed by atoms with Crippen LogP contribution in [0.15, 0.2) is 58.9 Å². The molecule has 0 unspecified atom stereocenters. The summed E-state index contributed by atoms with van der Waals surface area (Å²) in [7, 11) is 0. The maximum atomic E-state index is 12.5. The molecule has 1 aromatic heterocycles. The third-order valence-corrected chi connectivity index (χ3v) is 4.00. The smallest absolute Gasteiger partial charge is 0.278 e. The lowest BCUT2D eigenvalue weighted by Gasteiger charge is -2.10. The number of carbonyl (C=O) groups is 1. The van der Waals surface area contributed by atoms with Gasteiger partial charge in [0, 0.05) is 5.02 Å². The van der Waals surface area contributed by atoms with Gasteiger partial charge >= 0.3 is 0 Å². The van der Waals surface area contributed by atoms with Crippen molar-refractivity contribution in [3.05, 3.63) is 80.7 Å². The van der Waals surface area contributed by atoms with E-state index in [1.54, 1.807) is 31.2 Å². The first-order chi connectivity index (χ1) is 12.0. The van der Waals surface area contributed by atoms with Crippen molar-refractivity contribution in [2.75, 3.05) is 0 Å². The van der Waals surface area contributed by atoms with Crippen LogP contribution in [0.3, 0.4) is 0 Å². The number of hydrogen-bond acceptors (Lipinski definition) is 4. The van der Waals surface area contributed by atoms with Crippen LogP contribution in [0.2, 0.25) is 5.02 Å². The van der Waals surface area contributed by atoms with Crippen LogP contribution in [-0.2, 0) is 0 Å². The zero-order valence-corrected chi connectivity index (χ0v) is 14.1. The number of rotatable bonds is 4. The minimum atomic E-state index is -1.45. The molecule has 0 radical (unpaired) electrons. The molecule has 1 heterocycles. The number of aromatic nitrogens is 2. The average Bonchev–Trinajstić information content (AvgIpc) is 2.60. The van der Waals surface area contributed by atoms with Crippen molar-refractivity contribution in [2.45, 2.75) is 13.0 Å². The summed E-state index contributed by atoms with van der Waals surface area (Å²) in [6.07, 6.45) is 0.246. The fourth-order valence-corrected chi connectivity index (χ4v) is 2.63. The normalized spacial score (nSPS) is 13.0. The maximum Gasteiger partial charge on any atom is 0.278 e. The number of benzene rings is 2. The summed E-state index contributed by atoms with van der Waals surface area (Å²) in [6.45, 7) is 1.63. The Labute approximate surface area is 148 Å². The topological polar surface area (TPSA) is 83.0 Å². The van der Waals surface area contributed by atoms with E-state index < -0.39 is 17.4 Å². The fraction of sp³-hybridized carbons (Fsp3) is 0.105. The Bertz CT molecular complexity index is 1030. The molecule has 0 amide bonds. The number of fused-ring (bicyclic) bond motifs is 1. The number of H-pyrrole nitrogens is 1. The fourth-order valence-electron chi connectivity index (χ4n) is 2.45. The molecule has 0 spiro atoms. The Morgan fingerprint density at radius 3 is 2.68 bits per heavy atom. The minimum absolute atomic E-state index is 0.330. The van der Waals surface area contributed by atoms with E-state index in [0.717, 1.165) is 5.56 Å². The zero-order chi connectivity index (χ0) is 18.0. The molecule has 0 aliphatic heterocycles. The summed E-state index contributed by atoms with van der Waals surface area (Å²) in [5.41, 5.74) is 1.13. The van der Waals surface area contributed by atoms with Gasteiger partial charge in [-0.05, 0) is 36.3 Å². The van der Waals surface area contributed by atoms with Gasteiger partial charge in [-0.1, -0.05) is 48.0 Å². The van der Waals surface area contributed by atoms with Gasteiger partial charge < -0.3 is 10.1 Å². The van der Waals surface area contributed by atoms with Crippen LogP contribution in [0.5, 0.6) is 0 Å². The van der Waals surface area contributed by atoms with Crippen molar-refractivity contribution in [1.82, 2.24) is 9.97 Å². The number of aliphatic hydroxyl groups excluding tert-OH is 1. The van der Waals surface area contributed by atoms with E-state index >= 15 is 0 Å². The van der Waals surface area contributed by atoms with E-state index in [0.29, 0.717) is 21.6 Å². The Balaban J connectivity index is 1.96. The summed E-state index contributed by atoms with van der Waals surface area (Å²) in [4.78, 5) is 31.3. The molecule has 0 saturated heterocycles. The molecule has 25 heavy (non-hydrogen) atoms. The van der Waals surface area contributed by atoms with Gasteiger partial charge in [0.05, 0.1) is 11.0 Å². The molecule has 1 atom stereocenters. The number of halogens is 1. The zero-order valence-electron chi connectivity index (χ0n) is 13.4. The maximum absolute atomic E-state index is 12.5. The molecular formula is C19H15ClN2O3. The SMILES string of the molecule is C/C(=C\c1ccccc1)[C@H](O)C(=O)c1nc2ccc(Cl)cc2[nH]c1=O. The molecular weight excluding hydrogens is 340 g/mol. The monoisotopic (exact) mass is 354 g/mol. The highest BCUT2D eigenvalue weighted by Gasteiger charge is 2.23. The summed E-state index contributed by atoms with van der Waals surface area (Å²) in [5.74, 6) is -0.747. The van der Waals surface area contributed by atoms with Crippen LogP contribution in [0.1, 0.15) is 23.0 Å². The number of ketones is 1. The van der Waals surface area contributed by atoms with Crippen molar-refractivity contribution in [3.63, 3.8) is 0 Å². The van der Waals surface area contributed by atoms with Crippen molar-refractivity contribution >= 4 is 34.5 Å². The number of aromatic amines is 1. The molecule has 0 fully saturated rings. The Morgan fingerprint density at radius 1 is 1.24 bits per heavy atom. The van der Waals surface area contributed by atoms with Crippen molar-refractivity contribution in [1.29, 1.82) is 0 Å². The molecule has 0 aliphatic rings. The van der Waals surface area contributed by atoms with Gasteiger partial charge in [0.2, 0.25) is 5.78 Å². The molecule has 0 aliphatic carbocycles. The van der Waals surface area contributed by atoms with Gasteiger partial charge in [-0.25, -0.2) is 4.98 Å². The van der Waals surface area contributed by atoms with Gasteiger partial charge in [-0.15, -0.1) is 0 Å². The molecule has 3 aromatic rings. The molecule has 0 bridgehead atoms. The van der Waals surface area contributed by atoms with Crippen LogP contribution < -0.4 is 5.56 Å². The first-order valence-corrected chi connectivity index (χ1v) is 7.98. The summed E-state index contributed by atoms with van der Waals surface area (Å²) in [5, 5.41) is 10.8. The van der Waals surface area contributed by atoms with E-state index in [1.807, 2.05) is 30.3 Å². The lowest BCUT2D eigenvalue weighted by molar-refractivity contribution is 0.0800. The summed E-state index contributed by atoms with van der Waals surface area (Å²) in [6, 6.07) is 14.1. The minimum Gasteiger partial charge on any atom is -0.380 e. The lowest BCUT2D eigenvalue weighted by atomic mass is 10.0. The number of carbonyl (C=O) groups excluding carboxylic acids is 1. The van der Waals surface area contributed by atoms with E-state index in [-0.39, 0.29) is 5.69 Å². The highest BCUT2D eigenvalue weighted by atomic mass is 35.5. The highest BCUT2D eigenvalue weighted by molar-refractivity contribution is 6.31. The third-order valence-electron chi connectivity index (χ3n) is 3.76. The van der Waals surface area contributed by atoms with E-state index in [9.17, 15) is 14.7 Å². The average molecular weight is 355 g/mol. The first kappa shape index (κ1) is 17.1. The van der Waals surface area contributed by atoms with Gasteiger partial charge in [0.15, 0.2) is 5.69 Å². The quantitative estimate of drug-likeness (QED) is 0.705. The van der Waals surface area contributed by atoms with Crippen LogP contribution in [0.25, 0.3) is 17.1 Å². The molecule has 126 valence electrons. The van der Waals surface area contributed by atoms with Crippen molar-refractivity contribution in [3.8, 4) is 0 Å². The lowest BCUT2D eigenvalue weighted by Crippen LogP contribution is -2.29. The predicted octanol–water partition coefficient (Wildman–Crippen LogP) is 3.22. The third kappa shape index (κ3) is 3.68. The molecule has 0 saturated carbocycles. The number of nitrogens with one attached hydrogen (secondary N) is 1. The second-order valence-electron chi connectivity index (χ2n) is 5.64. The van der Waals surface area contributed by atoms with E-state index in [4.69, 9.17) is 11.6 Å². The largest absolute Gasteiger partial charge is 0.380 e. The number of aliphatic hydroxyl groups is 1. The van der Waals surface area contributed by atoms with E-state index in [1.165, 1.54) is 0 Å². The van der Waals surface area contributed by atoms with Gasteiger partial charge in [0.1, 0.15) is 6.10 Å². The Kier molecular flexibility index (Phi) is 4.79. The van der Waals surface area contributed by atoms with Crippen LogP contribution in [-0.4, -0.2) is 27.0 Å². The highest BCUT2D eigenvalue weighted by Crippen LogP contribution is 2.16. The van der Waals surface area contributed by atoms with Crippen molar-refractivity contribution in [2.24, 2.45) is 0 Å². The van der Waals surface area contributed by atoms with Crippen LogP contribution in [0, 0.1) is 0 Å². The Hall–Kier alpha value is -2.76. The van der Waals surface area contributed by atoms with Gasteiger partial charge in [0.25, 0.3) is 5.56 Å². The number of nitrogens with zero attached hydrogens (tertiary/aromatic N) is 1. The number of hydrogen-bond donors (Lipinski definition) is 2. The summed E-state index contributed by atoms with van der Waals surface area (Å²) >= 11 is 5.88. The second kappa shape index (κ2) is 7.01. The molecule has 2 aromatic carbocycles.